The third-order valence-corrected chi connectivity index (χ3v) is 5.85. The molecule has 3 aliphatic rings. The third-order valence-electron chi connectivity index (χ3n) is 5.85. The van der Waals surface area contributed by atoms with Gasteiger partial charge in [0.15, 0.2) is 18.2 Å². The number of β-amino-alcohol motifs (C(OH)–C–C–N with tert-alkyl or cyclic N) is 1. The fraction of sp³-hybridized carbons (Fsp3) is 0.550. The monoisotopic (exact) mass is 385 g/mol. The van der Waals surface area contributed by atoms with Gasteiger partial charge in [-0.15, -0.1) is 0 Å². The number of urea groups is 1. The van der Waals surface area contributed by atoms with Crippen LogP contribution in [0, 0.1) is 0 Å². The average Bonchev–Trinajstić information content (AvgIpc) is 3.06. The van der Waals surface area contributed by atoms with Crippen molar-refractivity contribution in [3.63, 3.8) is 0 Å². The van der Waals surface area contributed by atoms with Crippen molar-refractivity contribution < 1.29 is 14.7 Å². The second-order valence-electron chi connectivity index (χ2n) is 7.77. The van der Waals surface area contributed by atoms with Gasteiger partial charge in [0.2, 0.25) is 0 Å². The van der Waals surface area contributed by atoms with E-state index in [1.165, 1.54) is 24.2 Å². The van der Waals surface area contributed by atoms with Gasteiger partial charge in [-0.05, 0) is 18.4 Å². The topological polar surface area (TPSA) is 97.3 Å². The number of aliphatic hydroxyl groups excluding tert-OH is 1. The van der Waals surface area contributed by atoms with Crippen LogP contribution in [0.15, 0.2) is 35.3 Å². The number of aliphatic imine (C=N–C) groups is 1. The molecular weight excluding hydrogens is 358 g/mol. The largest absolute Gasteiger partial charge is 0.387 e. The summed E-state index contributed by atoms with van der Waals surface area (Å²) in [6.07, 6.45) is 4.34. The van der Waals surface area contributed by atoms with Crippen LogP contribution in [0.25, 0.3) is 0 Å². The Labute approximate surface area is 164 Å². The average molecular weight is 385 g/mol. The highest BCUT2D eigenvalue weighted by molar-refractivity contribution is 6.03. The fourth-order valence-electron chi connectivity index (χ4n) is 4.24. The first kappa shape index (κ1) is 18.7. The Morgan fingerprint density at radius 2 is 1.93 bits per heavy atom. The minimum atomic E-state index is -0.769. The SMILES string of the molecule is CN1C(=O)NC(=O)C2C1N=C(NC1CCCCC1)N2CC(O)c1ccccc1. The van der Waals surface area contributed by atoms with Crippen molar-refractivity contribution in [1.29, 1.82) is 0 Å². The molecule has 1 aromatic rings. The van der Waals surface area contributed by atoms with E-state index in [0.717, 1.165) is 18.4 Å². The van der Waals surface area contributed by atoms with Gasteiger partial charge < -0.3 is 20.2 Å². The highest BCUT2D eigenvalue weighted by Gasteiger charge is 2.49. The third kappa shape index (κ3) is 3.56. The maximum absolute atomic E-state index is 12.6. The van der Waals surface area contributed by atoms with Crippen LogP contribution in [0.5, 0.6) is 0 Å². The number of hydrogen-bond acceptors (Lipinski definition) is 6. The highest BCUT2D eigenvalue weighted by atomic mass is 16.3. The molecule has 1 aromatic carbocycles. The molecule has 2 fully saturated rings. The summed E-state index contributed by atoms with van der Waals surface area (Å²) in [5, 5.41) is 16.6. The first-order chi connectivity index (χ1) is 13.5. The van der Waals surface area contributed by atoms with Crippen LogP contribution in [0.3, 0.4) is 0 Å². The zero-order valence-corrected chi connectivity index (χ0v) is 16.0. The van der Waals surface area contributed by atoms with Crippen LogP contribution in [0.2, 0.25) is 0 Å². The number of hydrogen-bond donors (Lipinski definition) is 3. The van der Waals surface area contributed by atoms with E-state index < -0.39 is 24.3 Å². The van der Waals surface area contributed by atoms with Crippen LogP contribution in [0.4, 0.5) is 4.79 Å². The molecule has 28 heavy (non-hydrogen) atoms. The van der Waals surface area contributed by atoms with Gasteiger partial charge in [-0.2, -0.15) is 0 Å². The lowest BCUT2D eigenvalue weighted by atomic mass is 9.96. The molecule has 4 rings (SSSR count). The van der Waals surface area contributed by atoms with E-state index in [2.05, 4.69) is 15.6 Å². The van der Waals surface area contributed by atoms with E-state index >= 15 is 0 Å². The Morgan fingerprint density at radius 3 is 2.64 bits per heavy atom. The molecule has 8 nitrogen and oxygen atoms in total. The highest BCUT2D eigenvalue weighted by Crippen LogP contribution is 2.27. The number of fused-ring (bicyclic) bond motifs is 1. The Balaban J connectivity index is 1.58. The summed E-state index contributed by atoms with van der Waals surface area (Å²) in [5.74, 6) is 0.214. The van der Waals surface area contributed by atoms with Crippen molar-refractivity contribution in [2.75, 3.05) is 13.6 Å². The first-order valence-corrected chi connectivity index (χ1v) is 9.96. The molecule has 3 amide bonds. The molecule has 1 aliphatic carbocycles. The van der Waals surface area contributed by atoms with E-state index in [0.29, 0.717) is 12.0 Å². The Morgan fingerprint density at radius 1 is 1.21 bits per heavy atom. The van der Waals surface area contributed by atoms with E-state index in [1.807, 2.05) is 35.2 Å². The lowest BCUT2D eigenvalue weighted by molar-refractivity contribution is -0.127. The van der Waals surface area contributed by atoms with E-state index in [9.17, 15) is 14.7 Å². The fourth-order valence-corrected chi connectivity index (χ4v) is 4.24. The lowest BCUT2D eigenvalue weighted by Crippen LogP contribution is -2.64. The van der Waals surface area contributed by atoms with E-state index in [4.69, 9.17) is 0 Å². The van der Waals surface area contributed by atoms with Crippen LogP contribution in [-0.2, 0) is 4.79 Å². The summed E-state index contributed by atoms with van der Waals surface area (Å²) < 4.78 is 0. The normalized spacial score (nSPS) is 26.6. The Bertz CT molecular complexity index is 762. The number of guanidine groups is 1. The minimum absolute atomic E-state index is 0.221. The number of amides is 3. The lowest BCUT2D eigenvalue weighted by Gasteiger charge is -2.37. The van der Waals surface area contributed by atoms with Crippen molar-refractivity contribution in [3.8, 4) is 0 Å². The first-order valence-electron chi connectivity index (χ1n) is 9.96. The number of imide groups is 1. The predicted molar refractivity (Wildman–Crippen MR) is 104 cm³/mol. The molecule has 2 heterocycles. The molecule has 3 unspecified atom stereocenters. The summed E-state index contributed by atoms with van der Waals surface area (Å²) in [6.45, 7) is 0.221. The van der Waals surface area contributed by atoms with Gasteiger partial charge in [0.1, 0.15) is 0 Å². The number of carbonyl (C=O) groups excluding carboxylic acids is 2. The van der Waals surface area contributed by atoms with Crippen molar-refractivity contribution in [1.82, 2.24) is 20.4 Å². The molecule has 1 saturated carbocycles. The number of likely N-dealkylation sites (N-methyl/N-ethyl adjacent to an activating group) is 1. The summed E-state index contributed by atoms with van der Waals surface area (Å²) >= 11 is 0. The molecule has 0 radical (unpaired) electrons. The zero-order chi connectivity index (χ0) is 19.7. The maximum atomic E-state index is 12.6. The summed E-state index contributed by atoms with van der Waals surface area (Å²) in [6, 6.07) is 8.58. The molecule has 0 aromatic heterocycles. The molecule has 0 spiro atoms. The van der Waals surface area contributed by atoms with Gasteiger partial charge in [0.05, 0.1) is 12.6 Å². The van der Waals surface area contributed by atoms with Gasteiger partial charge in [0, 0.05) is 13.1 Å². The number of nitrogens with one attached hydrogen (secondary N) is 2. The van der Waals surface area contributed by atoms with Crippen molar-refractivity contribution >= 4 is 17.9 Å². The second-order valence-corrected chi connectivity index (χ2v) is 7.77. The molecule has 3 N–H and O–H groups in total. The van der Waals surface area contributed by atoms with Crippen molar-refractivity contribution in [2.24, 2.45) is 4.99 Å². The number of aliphatic hydroxyl groups is 1. The standard InChI is InChI=1S/C20H27N5O3/c1-24-17-16(18(27)23-20(24)28)25(12-15(26)13-8-4-2-5-9-13)19(22-17)21-14-10-6-3-7-11-14/h2,4-5,8-9,14-17,26H,3,6-7,10-12H2,1H3,(H,21,22)(H,23,27,28). The van der Waals surface area contributed by atoms with Gasteiger partial charge in [-0.25, -0.2) is 9.79 Å². The van der Waals surface area contributed by atoms with Gasteiger partial charge in [-0.1, -0.05) is 49.6 Å². The molecule has 0 bridgehead atoms. The zero-order valence-electron chi connectivity index (χ0n) is 16.0. The van der Waals surface area contributed by atoms with Crippen molar-refractivity contribution in [2.45, 2.75) is 56.5 Å². The molecule has 1 saturated heterocycles. The number of rotatable bonds is 4. The van der Waals surface area contributed by atoms with Crippen LogP contribution >= 0.6 is 0 Å². The number of benzene rings is 1. The molecule has 2 aliphatic heterocycles. The Hall–Kier alpha value is -2.61. The van der Waals surface area contributed by atoms with Crippen LogP contribution in [0.1, 0.15) is 43.8 Å². The maximum Gasteiger partial charge on any atom is 0.325 e. The van der Waals surface area contributed by atoms with Gasteiger partial charge >= 0.3 is 6.03 Å². The number of carbonyl (C=O) groups is 2. The summed E-state index contributed by atoms with van der Waals surface area (Å²) in [7, 11) is 1.64. The van der Waals surface area contributed by atoms with Crippen LogP contribution < -0.4 is 10.6 Å². The molecular formula is C20H27N5O3. The van der Waals surface area contributed by atoms with Crippen molar-refractivity contribution in [3.05, 3.63) is 35.9 Å². The predicted octanol–water partition coefficient (Wildman–Crippen LogP) is 1.19. The summed E-state index contributed by atoms with van der Waals surface area (Å²) in [5.41, 5.74) is 0.781. The van der Waals surface area contributed by atoms with Gasteiger partial charge in [0.25, 0.3) is 5.91 Å². The van der Waals surface area contributed by atoms with Crippen LogP contribution in [-0.4, -0.2) is 64.6 Å². The molecule has 3 atom stereocenters. The quantitative estimate of drug-likeness (QED) is 0.723. The van der Waals surface area contributed by atoms with E-state index in [1.54, 1.807) is 7.05 Å². The molecule has 8 heteroatoms. The second kappa shape index (κ2) is 7.79. The van der Waals surface area contributed by atoms with Gasteiger partial charge in [-0.3, -0.25) is 10.1 Å². The summed E-state index contributed by atoms with van der Waals surface area (Å²) in [4.78, 5) is 32.6. The minimum Gasteiger partial charge on any atom is -0.387 e. The smallest absolute Gasteiger partial charge is 0.325 e. The Kier molecular flexibility index (Phi) is 5.21. The van der Waals surface area contributed by atoms with E-state index in [-0.39, 0.29) is 12.5 Å². The number of nitrogens with zero attached hydrogens (tertiary/aromatic N) is 3. The molecule has 150 valence electrons.